The zero-order valence-corrected chi connectivity index (χ0v) is 19.0. The molecule has 0 fully saturated rings. The highest BCUT2D eigenvalue weighted by atomic mass is 35.5. The lowest BCUT2D eigenvalue weighted by atomic mass is 10.2. The molecule has 1 unspecified atom stereocenters. The second-order valence-electron chi connectivity index (χ2n) is 7.04. The smallest absolute Gasteiger partial charge is 0.382 e. The SMILES string of the molecule is O=c1n(Cc2ncc(-c3ccccc3Cl)s2)nc(-c2ccc(Cl)cc2)n1CC(O)C(F)(F)F. The van der Waals surface area contributed by atoms with E-state index in [4.69, 9.17) is 23.2 Å². The van der Waals surface area contributed by atoms with Crippen LogP contribution in [0.5, 0.6) is 0 Å². The molecule has 0 aliphatic heterocycles. The fourth-order valence-electron chi connectivity index (χ4n) is 3.09. The van der Waals surface area contributed by atoms with E-state index in [0.29, 0.717) is 20.6 Å². The Hall–Kier alpha value is -2.66. The van der Waals surface area contributed by atoms with E-state index in [2.05, 4.69) is 10.1 Å². The Bertz CT molecular complexity index is 1330. The maximum Gasteiger partial charge on any atom is 0.416 e. The van der Waals surface area contributed by atoms with E-state index in [1.807, 2.05) is 12.1 Å². The molecule has 4 rings (SSSR count). The molecule has 2 aromatic carbocycles. The van der Waals surface area contributed by atoms with Crippen molar-refractivity contribution < 1.29 is 18.3 Å². The number of nitrogens with zero attached hydrogens (tertiary/aromatic N) is 4. The van der Waals surface area contributed by atoms with Gasteiger partial charge < -0.3 is 5.11 Å². The Morgan fingerprint density at radius 3 is 2.45 bits per heavy atom. The van der Waals surface area contributed by atoms with Crippen LogP contribution in [0.25, 0.3) is 21.8 Å². The molecule has 2 heterocycles. The minimum atomic E-state index is -4.89. The number of aromatic nitrogens is 4. The van der Waals surface area contributed by atoms with Crippen molar-refractivity contribution in [3.8, 4) is 21.8 Å². The predicted octanol–water partition coefficient (Wildman–Crippen LogP) is 5.11. The lowest BCUT2D eigenvalue weighted by Crippen LogP contribution is -2.37. The molecule has 0 amide bonds. The molecule has 0 bridgehead atoms. The van der Waals surface area contributed by atoms with E-state index in [-0.39, 0.29) is 12.4 Å². The summed E-state index contributed by atoms with van der Waals surface area (Å²) in [6, 6.07) is 13.3. The van der Waals surface area contributed by atoms with Gasteiger partial charge in [-0.1, -0.05) is 41.4 Å². The maximum atomic E-state index is 13.0. The Balaban J connectivity index is 1.71. The molecule has 1 N–H and O–H groups in total. The number of halogens is 5. The summed E-state index contributed by atoms with van der Waals surface area (Å²) >= 11 is 13.4. The maximum absolute atomic E-state index is 13.0. The third kappa shape index (κ3) is 5.14. The van der Waals surface area contributed by atoms with Crippen molar-refractivity contribution in [1.29, 1.82) is 0 Å². The van der Waals surface area contributed by atoms with Crippen LogP contribution in [0.1, 0.15) is 5.01 Å². The molecule has 6 nitrogen and oxygen atoms in total. The lowest BCUT2D eigenvalue weighted by Gasteiger charge is -2.15. The highest BCUT2D eigenvalue weighted by Gasteiger charge is 2.39. The van der Waals surface area contributed by atoms with E-state index in [9.17, 15) is 23.1 Å². The number of aliphatic hydroxyl groups is 1. The van der Waals surface area contributed by atoms with Gasteiger partial charge in [0.1, 0.15) is 5.01 Å². The van der Waals surface area contributed by atoms with Gasteiger partial charge in [-0.2, -0.15) is 13.2 Å². The standard InChI is InChI=1S/C21H15Cl2F3N4O2S/c22-13-7-5-12(6-8-13)19-28-30(20(32)29(19)10-17(31)21(24,25)26)11-18-27-9-16(33-18)14-3-1-2-4-15(14)23/h1-9,17,31H,10-11H2. The van der Waals surface area contributed by atoms with E-state index in [1.54, 1.807) is 18.3 Å². The summed E-state index contributed by atoms with van der Waals surface area (Å²) in [6.45, 7) is -1.06. The average molecular weight is 515 g/mol. The van der Waals surface area contributed by atoms with Gasteiger partial charge in [-0.25, -0.2) is 14.5 Å². The largest absolute Gasteiger partial charge is 0.416 e. The van der Waals surface area contributed by atoms with E-state index in [0.717, 1.165) is 19.7 Å². The molecule has 4 aromatic rings. The van der Waals surface area contributed by atoms with Crippen molar-refractivity contribution in [3.63, 3.8) is 0 Å². The van der Waals surface area contributed by atoms with Crippen LogP contribution in [0.3, 0.4) is 0 Å². The molecule has 0 aliphatic rings. The van der Waals surface area contributed by atoms with Gasteiger partial charge in [0, 0.05) is 27.4 Å². The summed E-state index contributed by atoms with van der Waals surface area (Å²) in [5.41, 5.74) is 0.342. The molecule has 0 spiro atoms. The van der Waals surface area contributed by atoms with Crippen molar-refractivity contribution in [2.24, 2.45) is 0 Å². The zero-order valence-electron chi connectivity index (χ0n) is 16.6. The zero-order chi connectivity index (χ0) is 23.8. The third-order valence-corrected chi connectivity index (χ3v) is 6.33. The van der Waals surface area contributed by atoms with Gasteiger partial charge in [-0.05, 0) is 30.3 Å². The summed E-state index contributed by atoms with van der Waals surface area (Å²) in [5, 5.41) is 15.3. The number of benzene rings is 2. The summed E-state index contributed by atoms with van der Waals surface area (Å²) in [4.78, 5) is 18.0. The van der Waals surface area contributed by atoms with Crippen LogP contribution in [0.15, 0.2) is 59.5 Å². The highest BCUT2D eigenvalue weighted by Crippen LogP contribution is 2.32. The first kappa shape index (κ1) is 23.5. The minimum Gasteiger partial charge on any atom is -0.382 e. The Morgan fingerprint density at radius 2 is 1.79 bits per heavy atom. The fraction of sp³-hybridized carbons (Fsp3) is 0.190. The van der Waals surface area contributed by atoms with Gasteiger partial charge in [-0.3, -0.25) is 4.57 Å². The molecule has 33 heavy (non-hydrogen) atoms. The van der Waals surface area contributed by atoms with Crippen LogP contribution >= 0.6 is 34.5 Å². The van der Waals surface area contributed by atoms with Crippen LogP contribution in [0.4, 0.5) is 13.2 Å². The van der Waals surface area contributed by atoms with E-state index >= 15 is 0 Å². The summed E-state index contributed by atoms with van der Waals surface area (Å²) < 4.78 is 40.7. The van der Waals surface area contributed by atoms with Gasteiger partial charge in [0.05, 0.1) is 18.0 Å². The van der Waals surface area contributed by atoms with Crippen molar-refractivity contribution in [1.82, 2.24) is 19.3 Å². The minimum absolute atomic E-state index is 0.0251. The molecule has 0 radical (unpaired) electrons. The van der Waals surface area contributed by atoms with E-state index in [1.165, 1.54) is 35.6 Å². The Kier molecular flexibility index (Phi) is 6.62. The number of alkyl halides is 3. The summed E-state index contributed by atoms with van der Waals surface area (Å²) in [7, 11) is 0. The summed E-state index contributed by atoms with van der Waals surface area (Å²) in [6.07, 6.45) is -6.01. The predicted molar refractivity (Wildman–Crippen MR) is 121 cm³/mol. The van der Waals surface area contributed by atoms with Crippen LogP contribution in [0.2, 0.25) is 10.0 Å². The molecule has 0 aliphatic carbocycles. The highest BCUT2D eigenvalue weighted by molar-refractivity contribution is 7.15. The van der Waals surface area contributed by atoms with Gasteiger partial charge >= 0.3 is 11.9 Å². The van der Waals surface area contributed by atoms with Crippen molar-refractivity contribution in [2.45, 2.75) is 25.4 Å². The molecule has 0 saturated carbocycles. The van der Waals surface area contributed by atoms with Gasteiger partial charge in [-0.15, -0.1) is 16.4 Å². The molecule has 12 heteroatoms. The fourth-order valence-corrected chi connectivity index (χ4v) is 4.45. The van der Waals surface area contributed by atoms with Crippen LogP contribution in [0, 0.1) is 0 Å². The Morgan fingerprint density at radius 1 is 1.09 bits per heavy atom. The number of aliphatic hydroxyl groups excluding tert-OH is 1. The first-order chi connectivity index (χ1) is 15.6. The molecule has 2 aromatic heterocycles. The topological polar surface area (TPSA) is 72.9 Å². The normalized spacial score (nSPS) is 12.8. The van der Waals surface area contributed by atoms with Gasteiger partial charge in [0.15, 0.2) is 11.9 Å². The molecule has 172 valence electrons. The van der Waals surface area contributed by atoms with Crippen molar-refractivity contribution >= 4 is 34.5 Å². The first-order valence-corrected chi connectivity index (χ1v) is 11.1. The third-order valence-electron chi connectivity index (χ3n) is 4.74. The molecule has 1 atom stereocenters. The first-order valence-electron chi connectivity index (χ1n) is 9.51. The average Bonchev–Trinajstić information content (AvgIpc) is 3.34. The number of hydrogen-bond donors (Lipinski definition) is 1. The van der Waals surface area contributed by atoms with Crippen LogP contribution in [-0.4, -0.2) is 36.7 Å². The summed E-state index contributed by atoms with van der Waals surface area (Å²) in [5.74, 6) is -0.0251. The number of rotatable bonds is 6. The van der Waals surface area contributed by atoms with Crippen LogP contribution < -0.4 is 5.69 Å². The van der Waals surface area contributed by atoms with Crippen molar-refractivity contribution in [2.75, 3.05) is 0 Å². The second kappa shape index (κ2) is 9.30. The second-order valence-corrected chi connectivity index (χ2v) is 9.00. The van der Waals surface area contributed by atoms with E-state index < -0.39 is 24.5 Å². The monoisotopic (exact) mass is 514 g/mol. The molecule has 0 saturated heterocycles. The lowest BCUT2D eigenvalue weighted by molar-refractivity contribution is -0.207. The van der Waals surface area contributed by atoms with Gasteiger partial charge in [0.2, 0.25) is 0 Å². The molecular formula is C21H15Cl2F3N4O2S. The van der Waals surface area contributed by atoms with Crippen LogP contribution in [-0.2, 0) is 13.1 Å². The number of thiazole rings is 1. The van der Waals surface area contributed by atoms with Gasteiger partial charge in [0.25, 0.3) is 0 Å². The Labute approximate surface area is 199 Å². The quantitative estimate of drug-likeness (QED) is 0.387. The van der Waals surface area contributed by atoms with Crippen molar-refractivity contribution in [3.05, 3.63) is 80.3 Å². The molecular weight excluding hydrogens is 500 g/mol. The number of hydrogen-bond acceptors (Lipinski definition) is 5.